The van der Waals surface area contributed by atoms with Crippen molar-refractivity contribution in [3.8, 4) is 5.75 Å². The molecule has 0 amide bonds. The average molecular weight is 232 g/mol. The third kappa shape index (κ3) is 4.77. The Kier molecular flexibility index (Phi) is 5.94. The van der Waals surface area contributed by atoms with Crippen molar-refractivity contribution in [1.29, 1.82) is 0 Å². The standard InChI is InChI=1S/C8H8O.C7H12O/c1-2-7-5-3-4-6-8(7)9;1-8-7-5-3-2-4-6-7/h2-6,9H,1H2;5H,2-4,6H2,1H3. The van der Waals surface area contributed by atoms with Gasteiger partial charge >= 0.3 is 0 Å². The number of benzene rings is 1. The molecule has 92 valence electrons. The summed E-state index contributed by atoms with van der Waals surface area (Å²) in [6.07, 6.45) is 8.81. The van der Waals surface area contributed by atoms with Crippen LogP contribution in [0.25, 0.3) is 6.08 Å². The molecule has 0 atom stereocenters. The number of rotatable bonds is 2. The minimum atomic E-state index is 0.285. The summed E-state index contributed by atoms with van der Waals surface area (Å²) < 4.78 is 5.05. The lowest BCUT2D eigenvalue weighted by molar-refractivity contribution is 0.266. The van der Waals surface area contributed by atoms with E-state index < -0.39 is 0 Å². The molecule has 0 unspecified atom stereocenters. The Labute approximate surface area is 103 Å². The van der Waals surface area contributed by atoms with Crippen LogP contribution >= 0.6 is 0 Å². The van der Waals surface area contributed by atoms with E-state index in [0.717, 1.165) is 12.0 Å². The lowest BCUT2D eigenvalue weighted by Crippen LogP contribution is -1.92. The minimum Gasteiger partial charge on any atom is -0.507 e. The van der Waals surface area contributed by atoms with Gasteiger partial charge in [-0.25, -0.2) is 0 Å². The first-order chi connectivity index (χ1) is 8.27. The molecule has 0 spiro atoms. The summed E-state index contributed by atoms with van der Waals surface area (Å²) >= 11 is 0. The van der Waals surface area contributed by atoms with Crippen molar-refractivity contribution in [1.82, 2.24) is 0 Å². The van der Waals surface area contributed by atoms with Gasteiger partial charge < -0.3 is 9.84 Å². The van der Waals surface area contributed by atoms with Gasteiger partial charge in [0.15, 0.2) is 0 Å². The molecule has 0 heterocycles. The molecule has 0 bridgehead atoms. The van der Waals surface area contributed by atoms with Gasteiger partial charge in [0.2, 0.25) is 0 Å². The van der Waals surface area contributed by atoms with Gasteiger partial charge in [0, 0.05) is 12.0 Å². The van der Waals surface area contributed by atoms with Gasteiger partial charge in [0.1, 0.15) is 5.75 Å². The van der Waals surface area contributed by atoms with Crippen LogP contribution in [0.2, 0.25) is 0 Å². The predicted octanol–water partition coefficient (Wildman–Crippen LogP) is 4.13. The topological polar surface area (TPSA) is 29.5 Å². The maximum Gasteiger partial charge on any atom is 0.122 e. The summed E-state index contributed by atoms with van der Waals surface area (Å²) in [6.45, 7) is 3.53. The first kappa shape index (κ1) is 13.4. The molecule has 1 aliphatic carbocycles. The van der Waals surface area contributed by atoms with Crippen molar-refractivity contribution in [2.45, 2.75) is 25.7 Å². The van der Waals surface area contributed by atoms with Gasteiger partial charge in [-0.1, -0.05) is 30.9 Å². The van der Waals surface area contributed by atoms with Crippen LogP contribution in [0.1, 0.15) is 31.2 Å². The number of ether oxygens (including phenoxy) is 1. The minimum absolute atomic E-state index is 0.285. The molecule has 1 aromatic rings. The molecule has 1 aliphatic rings. The van der Waals surface area contributed by atoms with Crippen molar-refractivity contribution in [3.05, 3.63) is 48.2 Å². The highest BCUT2D eigenvalue weighted by Gasteiger charge is 2.00. The third-order valence-corrected chi connectivity index (χ3v) is 2.67. The number of methoxy groups -OCH3 is 1. The summed E-state index contributed by atoms with van der Waals surface area (Å²) in [5.74, 6) is 1.46. The van der Waals surface area contributed by atoms with E-state index >= 15 is 0 Å². The van der Waals surface area contributed by atoms with E-state index in [1.165, 1.54) is 25.0 Å². The van der Waals surface area contributed by atoms with Gasteiger partial charge in [0.25, 0.3) is 0 Å². The van der Waals surface area contributed by atoms with Gasteiger partial charge in [-0.3, -0.25) is 0 Å². The highest BCUT2D eigenvalue weighted by Crippen LogP contribution is 2.16. The summed E-state index contributed by atoms with van der Waals surface area (Å²) in [6, 6.07) is 7.08. The molecule has 0 aliphatic heterocycles. The molecule has 0 saturated heterocycles. The summed E-state index contributed by atoms with van der Waals surface area (Å²) in [5, 5.41) is 9.04. The lowest BCUT2D eigenvalue weighted by Gasteiger charge is -2.09. The SMILES string of the molecule is C=Cc1ccccc1O.COC1=CCCCC1. The van der Waals surface area contributed by atoms with E-state index in [9.17, 15) is 0 Å². The fourth-order valence-corrected chi connectivity index (χ4v) is 1.65. The van der Waals surface area contributed by atoms with Crippen LogP contribution in [0.15, 0.2) is 42.7 Å². The molecule has 1 N–H and O–H groups in total. The highest BCUT2D eigenvalue weighted by molar-refractivity contribution is 5.54. The van der Waals surface area contributed by atoms with Crippen molar-refractivity contribution in [2.75, 3.05) is 7.11 Å². The number of hydrogen-bond acceptors (Lipinski definition) is 2. The lowest BCUT2D eigenvalue weighted by atomic mass is 10.1. The number of phenols is 1. The second-order valence-corrected chi connectivity index (χ2v) is 3.88. The van der Waals surface area contributed by atoms with E-state index in [1.54, 1.807) is 25.3 Å². The average Bonchev–Trinajstić information content (AvgIpc) is 2.41. The van der Waals surface area contributed by atoms with Crippen LogP contribution in [0, 0.1) is 0 Å². The fourth-order valence-electron chi connectivity index (χ4n) is 1.65. The van der Waals surface area contributed by atoms with E-state index in [2.05, 4.69) is 12.7 Å². The zero-order valence-electron chi connectivity index (χ0n) is 10.4. The molecule has 2 rings (SSSR count). The molecule has 0 radical (unpaired) electrons. The summed E-state index contributed by atoms with van der Waals surface area (Å²) in [4.78, 5) is 0. The molecule has 0 aromatic heterocycles. The molecular formula is C15H20O2. The van der Waals surface area contributed by atoms with Crippen LogP contribution in [0.4, 0.5) is 0 Å². The number of aromatic hydroxyl groups is 1. The van der Waals surface area contributed by atoms with E-state index in [4.69, 9.17) is 9.84 Å². The largest absolute Gasteiger partial charge is 0.507 e. The van der Waals surface area contributed by atoms with Gasteiger partial charge in [0.05, 0.1) is 12.9 Å². The molecule has 0 saturated carbocycles. The van der Waals surface area contributed by atoms with Crippen LogP contribution in [-0.2, 0) is 4.74 Å². The van der Waals surface area contributed by atoms with E-state index in [-0.39, 0.29) is 5.75 Å². The first-order valence-corrected chi connectivity index (χ1v) is 5.91. The van der Waals surface area contributed by atoms with Gasteiger partial charge in [-0.15, -0.1) is 0 Å². The third-order valence-electron chi connectivity index (χ3n) is 2.67. The Morgan fingerprint density at radius 2 is 2.06 bits per heavy atom. The van der Waals surface area contributed by atoms with Crippen LogP contribution in [0.3, 0.4) is 0 Å². The van der Waals surface area contributed by atoms with Gasteiger partial charge in [-0.05, 0) is 31.4 Å². The van der Waals surface area contributed by atoms with Crippen LogP contribution < -0.4 is 0 Å². The van der Waals surface area contributed by atoms with Crippen molar-refractivity contribution in [3.63, 3.8) is 0 Å². The monoisotopic (exact) mass is 232 g/mol. The zero-order valence-corrected chi connectivity index (χ0v) is 10.4. The Morgan fingerprint density at radius 1 is 1.29 bits per heavy atom. The molecule has 1 aromatic carbocycles. The van der Waals surface area contributed by atoms with Gasteiger partial charge in [-0.2, -0.15) is 0 Å². The second-order valence-electron chi connectivity index (χ2n) is 3.88. The van der Waals surface area contributed by atoms with Crippen LogP contribution in [-0.4, -0.2) is 12.2 Å². The highest BCUT2D eigenvalue weighted by atomic mass is 16.5. The molecule has 2 nitrogen and oxygen atoms in total. The second kappa shape index (κ2) is 7.55. The Morgan fingerprint density at radius 3 is 2.47 bits per heavy atom. The quantitative estimate of drug-likeness (QED) is 0.831. The fraction of sp³-hybridized carbons (Fsp3) is 0.333. The van der Waals surface area contributed by atoms with Crippen molar-refractivity contribution >= 4 is 6.08 Å². The predicted molar refractivity (Wildman–Crippen MR) is 71.8 cm³/mol. The smallest absolute Gasteiger partial charge is 0.122 e. The Bertz CT molecular complexity index is 380. The maximum atomic E-state index is 9.04. The summed E-state index contributed by atoms with van der Waals surface area (Å²) in [7, 11) is 1.75. The maximum absolute atomic E-state index is 9.04. The normalized spacial score (nSPS) is 14.1. The number of para-hydroxylation sites is 1. The zero-order chi connectivity index (χ0) is 12.5. The molecule has 2 heteroatoms. The Hall–Kier alpha value is -1.70. The van der Waals surface area contributed by atoms with Crippen molar-refractivity contribution in [2.24, 2.45) is 0 Å². The van der Waals surface area contributed by atoms with E-state index in [1.807, 2.05) is 12.1 Å². The van der Waals surface area contributed by atoms with Crippen LogP contribution in [0.5, 0.6) is 5.75 Å². The number of phenolic OH excluding ortho intramolecular Hbond substituents is 1. The summed E-state index contributed by atoms with van der Waals surface area (Å²) in [5.41, 5.74) is 0.775. The number of allylic oxidation sites excluding steroid dienone is 2. The molecular weight excluding hydrogens is 212 g/mol. The Balaban J connectivity index is 0.000000171. The molecule has 17 heavy (non-hydrogen) atoms. The number of hydrogen-bond donors (Lipinski definition) is 1. The van der Waals surface area contributed by atoms with Crippen molar-refractivity contribution < 1.29 is 9.84 Å². The molecule has 0 fully saturated rings. The van der Waals surface area contributed by atoms with E-state index in [0.29, 0.717) is 0 Å². The first-order valence-electron chi connectivity index (χ1n) is 5.91.